The van der Waals surface area contributed by atoms with Crippen molar-refractivity contribution in [2.45, 2.75) is 58.0 Å². The molecule has 94 valence electrons. The van der Waals surface area contributed by atoms with Gasteiger partial charge in [-0.05, 0) is 63.2 Å². The molecule has 2 aliphatic rings. The fourth-order valence-electron chi connectivity index (χ4n) is 3.79. The van der Waals surface area contributed by atoms with Gasteiger partial charge in [0.25, 0.3) is 0 Å². The Morgan fingerprint density at radius 1 is 1.38 bits per heavy atom. The minimum absolute atomic E-state index is 0.0377. The molecule has 2 aliphatic carbocycles. The monoisotopic (exact) mass is 226 g/mol. The van der Waals surface area contributed by atoms with Crippen molar-refractivity contribution in [1.82, 2.24) is 0 Å². The van der Waals surface area contributed by atoms with Gasteiger partial charge in [-0.15, -0.1) is 0 Å². The molecular weight excluding hydrogens is 200 g/mol. The van der Waals surface area contributed by atoms with Crippen LogP contribution >= 0.6 is 0 Å². The molecule has 2 fully saturated rings. The fourth-order valence-corrected chi connectivity index (χ4v) is 3.79. The molecule has 1 N–H and O–H groups in total. The predicted octanol–water partition coefficient (Wildman–Crippen LogP) is 2.99. The zero-order valence-corrected chi connectivity index (χ0v) is 11.0. The molecule has 3 unspecified atom stereocenters. The highest BCUT2D eigenvalue weighted by Gasteiger charge is 2.50. The molecule has 2 rings (SSSR count). The van der Waals surface area contributed by atoms with Gasteiger partial charge in [-0.3, -0.25) is 0 Å². The molecule has 0 spiro atoms. The van der Waals surface area contributed by atoms with Crippen LogP contribution in [0.2, 0.25) is 0 Å². The van der Waals surface area contributed by atoms with Gasteiger partial charge in [0.2, 0.25) is 0 Å². The van der Waals surface area contributed by atoms with Gasteiger partial charge in [-0.25, -0.2) is 0 Å². The van der Waals surface area contributed by atoms with E-state index in [2.05, 4.69) is 13.8 Å². The Labute approximate surface area is 99.4 Å². The minimum Gasteiger partial charge on any atom is -0.396 e. The molecule has 0 aromatic heterocycles. The summed E-state index contributed by atoms with van der Waals surface area (Å²) < 4.78 is 5.49. The summed E-state index contributed by atoms with van der Waals surface area (Å²) in [6.07, 6.45) is 7.57. The van der Waals surface area contributed by atoms with Crippen molar-refractivity contribution in [3.8, 4) is 0 Å². The minimum atomic E-state index is -0.0377. The molecule has 0 aromatic carbocycles. The van der Waals surface area contributed by atoms with E-state index in [9.17, 15) is 5.11 Å². The van der Waals surface area contributed by atoms with Crippen molar-refractivity contribution >= 4 is 0 Å². The standard InChI is InChI=1S/C14H26O2/c1-13(2,16-3)6-7-14(10-15)9-11-4-5-12(14)8-11/h11-12,15H,4-10H2,1-3H3. The van der Waals surface area contributed by atoms with Crippen LogP contribution in [0.1, 0.15) is 52.4 Å². The van der Waals surface area contributed by atoms with Crippen molar-refractivity contribution in [3.63, 3.8) is 0 Å². The first-order chi connectivity index (χ1) is 7.51. The summed E-state index contributed by atoms with van der Waals surface area (Å²) >= 11 is 0. The first-order valence-corrected chi connectivity index (χ1v) is 6.67. The number of hydrogen-bond donors (Lipinski definition) is 1. The van der Waals surface area contributed by atoms with E-state index in [0.29, 0.717) is 6.61 Å². The van der Waals surface area contributed by atoms with Crippen LogP contribution in [0.25, 0.3) is 0 Å². The molecule has 3 atom stereocenters. The normalized spacial score (nSPS) is 38.2. The van der Waals surface area contributed by atoms with Gasteiger partial charge in [0.05, 0.1) is 5.60 Å². The molecule has 0 amide bonds. The van der Waals surface area contributed by atoms with E-state index in [1.165, 1.54) is 25.7 Å². The number of aliphatic hydroxyl groups excluding tert-OH is 1. The SMILES string of the molecule is COC(C)(C)CCC1(CO)CC2CCC1C2. The maximum absolute atomic E-state index is 9.77. The molecule has 2 bridgehead atoms. The highest BCUT2D eigenvalue weighted by molar-refractivity contribution is 5.00. The summed E-state index contributed by atoms with van der Waals surface area (Å²) in [7, 11) is 1.78. The van der Waals surface area contributed by atoms with Gasteiger partial charge in [0, 0.05) is 13.7 Å². The Balaban J connectivity index is 1.96. The molecule has 2 nitrogen and oxygen atoms in total. The molecule has 16 heavy (non-hydrogen) atoms. The third-order valence-electron chi connectivity index (χ3n) is 5.19. The topological polar surface area (TPSA) is 29.5 Å². The van der Waals surface area contributed by atoms with Gasteiger partial charge in [-0.2, -0.15) is 0 Å². The smallest absolute Gasteiger partial charge is 0.0623 e. The van der Waals surface area contributed by atoms with E-state index in [-0.39, 0.29) is 11.0 Å². The number of aliphatic hydroxyl groups is 1. The van der Waals surface area contributed by atoms with Crippen molar-refractivity contribution in [2.75, 3.05) is 13.7 Å². The van der Waals surface area contributed by atoms with Crippen molar-refractivity contribution in [2.24, 2.45) is 17.3 Å². The summed E-state index contributed by atoms with van der Waals surface area (Å²) in [5.74, 6) is 1.69. The third-order valence-corrected chi connectivity index (χ3v) is 5.19. The van der Waals surface area contributed by atoms with Gasteiger partial charge >= 0.3 is 0 Å². The second kappa shape index (κ2) is 4.30. The number of methoxy groups -OCH3 is 1. The average Bonchev–Trinajstić information content (AvgIpc) is 2.87. The lowest BCUT2D eigenvalue weighted by Gasteiger charge is -2.38. The summed E-state index contributed by atoms with van der Waals surface area (Å²) in [6.45, 7) is 4.67. The number of hydrogen-bond acceptors (Lipinski definition) is 2. The van der Waals surface area contributed by atoms with E-state index in [0.717, 1.165) is 24.7 Å². The third kappa shape index (κ3) is 2.14. The zero-order chi connectivity index (χ0) is 11.8. The lowest BCUT2D eigenvalue weighted by Crippen LogP contribution is -2.35. The van der Waals surface area contributed by atoms with Crippen LogP contribution in [-0.2, 0) is 4.74 Å². The summed E-state index contributed by atoms with van der Waals surface area (Å²) in [5.41, 5.74) is 0.197. The maximum Gasteiger partial charge on any atom is 0.0623 e. The van der Waals surface area contributed by atoms with Gasteiger partial charge in [0.15, 0.2) is 0 Å². The van der Waals surface area contributed by atoms with Crippen molar-refractivity contribution in [3.05, 3.63) is 0 Å². The van der Waals surface area contributed by atoms with E-state index in [1.54, 1.807) is 7.11 Å². The van der Waals surface area contributed by atoms with E-state index in [4.69, 9.17) is 4.74 Å². The van der Waals surface area contributed by atoms with Crippen LogP contribution in [0.4, 0.5) is 0 Å². The Kier molecular flexibility index (Phi) is 3.33. The van der Waals surface area contributed by atoms with Crippen molar-refractivity contribution in [1.29, 1.82) is 0 Å². The van der Waals surface area contributed by atoms with Crippen LogP contribution in [0.15, 0.2) is 0 Å². The molecule has 0 aromatic rings. The van der Waals surface area contributed by atoms with Gasteiger partial charge < -0.3 is 9.84 Å². The average molecular weight is 226 g/mol. The molecule has 0 aliphatic heterocycles. The van der Waals surface area contributed by atoms with E-state index >= 15 is 0 Å². The maximum atomic E-state index is 9.77. The highest BCUT2D eigenvalue weighted by Crippen LogP contribution is 2.58. The summed E-state index contributed by atoms with van der Waals surface area (Å²) in [5, 5.41) is 9.77. The first kappa shape index (κ1) is 12.4. The zero-order valence-electron chi connectivity index (χ0n) is 11.0. The molecule has 2 heteroatoms. The Morgan fingerprint density at radius 3 is 2.56 bits per heavy atom. The molecular formula is C14H26O2. The molecule has 2 saturated carbocycles. The number of ether oxygens (including phenoxy) is 1. The van der Waals surface area contributed by atoms with Crippen LogP contribution in [0.5, 0.6) is 0 Å². The van der Waals surface area contributed by atoms with E-state index in [1.807, 2.05) is 0 Å². The van der Waals surface area contributed by atoms with E-state index < -0.39 is 0 Å². The quantitative estimate of drug-likeness (QED) is 0.781. The van der Waals surface area contributed by atoms with Crippen molar-refractivity contribution < 1.29 is 9.84 Å². The predicted molar refractivity (Wildman–Crippen MR) is 65.3 cm³/mol. The molecule has 0 radical (unpaired) electrons. The first-order valence-electron chi connectivity index (χ1n) is 6.67. The summed E-state index contributed by atoms with van der Waals surface area (Å²) in [6, 6.07) is 0. The Hall–Kier alpha value is -0.0800. The van der Waals surface area contributed by atoms with Gasteiger partial charge in [-0.1, -0.05) is 6.42 Å². The number of fused-ring (bicyclic) bond motifs is 2. The Bertz CT molecular complexity index is 249. The van der Waals surface area contributed by atoms with Crippen LogP contribution in [0, 0.1) is 17.3 Å². The van der Waals surface area contributed by atoms with Crippen LogP contribution < -0.4 is 0 Å². The second-order valence-electron chi connectivity index (χ2n) is 6.56. The summed E-state index contributed by atoms with van der Waals surface area (Å²) in [4.78, 5) is 0. The second-order valence-corrected chi connectivity index (χ2v) is 6.56. The fraction of sp³-hybridized carbons (Fsp3) is 1.00. The number of rotatable bonds is 5. The van der Waals surface area contributed by atoms with Gasteiger partial charge in [0.1, 0.15) is 0 Å². The lowest BCUT2D eigenvalue weighted by atomic mass is 9.69. The van der Waals surface area contributed by atoms with Crippen LogP contribution in [-0.4, -0.2) is 24.4 Å². The van der Waals surface area contributed by atoms with Crippen LogP contribution in [0.3, 0.4) is 0 Å². The largest absolute Gasteiger partial charge is 0.396 e. The molecule has 0 heterocycles. The highest BCUT2D eigenvalue weighted by atomic mass is 16.5. The molecule has 0 saturated heterocycles. The lowest BCUT2D eigenvalue weighted by molar-refractivity contribution is -0.0161. The Morgan fingerprint density at radius 2 is 2.12 bits per heavy atom.